The molecule has 0 amide bonds. The summed E-state index contributed by atoms with van der Waals surface area (Å²) in [4.78, 5) is 4.28. The monoisotopic (exact) mass is 451 g/mol. The number of aliphatic imine (C=N–C) groups is 1. The number of guanidine groups is 1. The number of aromatic nitrogens is 2. The summed E-state index contributed by atoms with van der Waals surface area (Å²) >= 11 is 0. The molecule has 140 valence electrons. The van der Waals surface area contributed by atoms with Crippen molar-refractivity contribution in [2.24, 2.45) is 4.99 Å². The number of unbranched alkanes of at least 4 members (excludes halogenated alkanes) is 3. The molecule has 0 radical (unpaired) electrons. The first-order chi connectivity index (χ1) is 11.1. The summed E-state index contributed by atoms with van der Waals surface area (Å²) < 4.78 is 7.14. The molecule has 6 nitrogen and oxygen atoms in total. The number of nitrogens with zero attached hydrogens (tertiary/aromatic N) is 3. The van der Waals surface area contributed by atoms with Crippen LogP contribution in [0, 0.1) is 13.8 Å². The second kappa shape index (κ2) is 13.5. The lowest BCUT2D eigenvalue weighted by Gasteiger charge is -2.12. The second-order valence-corrected chi connectivity index (χ2v) is 5.78. The van der Waals surface area contributed by atoms with E-state index in [0.29, 0.717) is 6.61 Å². The van der Waals surface area contributed by atoms with Gasteiger partial charge in [0.1, 0.15) is 0 Å². The number of rotatable bonds is 10. The van der Waals surface area contributed by atoms with Gasteiger partial charge in [0, 0.05) is 38.5 Å². The van der Waals surface area contributed by atoms with Crippen molar-refractivity contribution in [2.45, 2.75) is 59.5 Å². The summed E-state index contributed by atoms with van der Waals surface area (Å²) in [6.45, 7) is 9.54. The minimum Gasteiger partial charge on any atom is -0.383 e. The topological polar surface area (TPSA) is 63.5 Å². The van der Waals surface area contributed by atoms with Gasteiger partial charge in [-0.1, -0.05) is 26.2 Å². The summed E-state index contributed by atoms with van der Waals surface area (Å²) in [5, 5.41) is 11.3. The Morgan fingerprint density at radius 2 is 1.96 bits per heavy atom. The van der Waals surface area contributed by atoms with Crippen molar-refractivity contribution in [3.8, 4) is 0 Å². The molecule has 0 aliphatic heterocycles. The molecule has 0 saturated carbocycles. The number of hydrogen-bond acceptors (Lipinski definition) is 3. The highest BCUT2D eigenvalue weighted by Crippen LogP contribution is 2.12. The third-order valence-electron chi connectivity index (χ3n) is 4.02. The van der Waals surface area contributed by atoms with Crippen molar-refractivity contribution in [1.82, 2.24) is 20.4 Å². The molecule has 0 bridgehead atoms. The van der Waals surface area contributed by atoms with E-state index in [1.807, 2.05) is 18.7 Å². The maximum Gasteiger partial charge on any atom is 0.191 e. The summed E-state index contributed by atoms with van der Waals surface area (Å²) in [7, 11) is 3.52. The van der Waals surface area contributed by atoms with Crippen LogP contribution in [0.3, 0.4) is 0 Å². The van der Waals surface area contributed by atoms with Crippen LogP contribution in [0.5, 0.6) is 0 Å². The zero-order valence-corrected chi connectivity index (χ0v) is 18.1. The smallest absolute Gasteiger partial charge is 0.191 e. The number of nitrogens with one attached hydrogen (secondary N) is 2. The minimum absolute atomic E-state index is 0. The molecule has 1 heterocycles. The zero-order valence-electron chi connectivity index (χ0n) is 15.8. The van der Waals surface area contributed by atoms with E-state index in [9.17, 15) is 0 Å². The molecule has 1 rings (SSSR count). The van der Waals surface area contributed by atoms with Crippen LogP contribution >= 0.6 is 24.0 Å². The van der Waals surface area contributed by atoms with Crippen LogP contribution in [-0.4, -0.2) is 43.0 Å². The Morgan fingerprint density at radius 1 is 1.21 bits per heavy atom. The van der Waals surface area contributed by atoms with Gasteiger partial charge in [-0.25, -0.2) is 0 Å². The normalized spacial score (nSPS) is 11.3. The Bertz CT molecular complexity index is 488. The van der Waals surface area contributed by atoms with Gasteiger partial charge < -0.3 is 15.4 Å². The van der Waals surface area contributed by atoms with Gasteiger partial charge in [0.25, 0.3) is 0 Å². The molecule has 0 unspecified atom stereocenters. The van der Waals surface area contributed by atoms with E-state index in [0.717, 1.165) is 31.3 Å². The quantitative estimate of drug-likeness (QED) is 0.249. The number of halogens is 1. The summed E-state index contributed by atoms with van der Waals surface area (Å²) in [5.41, 5.74) is 3.48. The first kappa shape index (κ1) is 23.2. The predicted octanol–water partition coefficient (Wildman–Crippen LogP) is 3.01. The van der Waals surface area contributed by atoms with E-state index < -0.39 is 0 Å². The van der Waals surface area contributed by atoms with E-state index in [1.54, 1.807) is 7.11 Å². The third kappa shape index (κ3) is 7.83. The molecule has 0 spiro atoms. The van der Waals surface area contributed by atoms with Crippen LogP contribution in [-0.2, 0) is 17.8 Å². The van der Waals surface area contributed by atoms with Crippen molar-refractivity contribution in [1.29, 1.82) is 0 Å². The average Bonchev–Trinajstić information content (AvgIpc) is 2.82. The van der Waals surface area contributed by atoms with Gasteiger partial charge in [-0.3, -0.25) is 9.67 Å². The molecule has 0 aromatic carbocycles. The molecule has 7 heteroatoms. The molecule has 0 atom stereocenters. The largest absolute Gasteiger partial charge is 0.383 e. The van der Waals surface area contributed by atoms with E-state index in [1.165, 1.54) is 36.9 Å². The van der Waals surface area contributed by atoms with Crippen LogP contribution in [0.4, 0.5) is 0 Å². The van der Waals surface area contributed by atoms with Crippen molar-refractivity contribution >= 4 is 29.9 Å². The van der Waals surface area contributed by atoms with Gasteiger partial charge in [0.2, 0.25) is 0 Å². The van der Waals surface area contributed by atoms with Crippen LogP contribution in [0.2, 0.25) is 0 Å². The van der Waals surface area contributed by atoms with Crippen LogP contribution < -0.4 is 10.6 Å². The minimum atomic E-state index is 0. The standard InChI is InChI=1S/C17H33N5O.HI/c1-6-7-8-9-10-19-17(18-4)20-13-16-14(2)21-22(15(16)3)11-12-23-5;/h6-13H2,1-5H3,(H2,18,19,20);1H. The number of methoxy groups -OCH3 is 1. The highest BCUT2D eigenvalue weighted by molar-refractivity contribution is 14.0. The second-order valence-electron chi connectivity index (χ2n) is 5.78. The Labute approximate surface area is 163 Å². The Hall–Kier alpha value is -0.830. The summed E-state index contributed by atoms with van der Waals surface area (Å²) in [6.07, 6.45) is 5.01. The fourth-order valence-electron chi connectivity index (χ4n) is 2.54. The van der Waals surface area contributed by atoms with Crippen molar-refractivity contribution in [3.05, 3.63) is 17.0 Å². The first-order valence-electron chi connectivity index (χ1n) is 8.60. The molecule has 0 saturated heterocycles. The van der Waals surface area contributed by atoms with Crippen molar-refractivity contribution < 1.29 is 4.74 Å². The average molecular weight is 451 g/mol. The van der Waals surface area contributed by atoms with Crippen molar-refractivity contribution in [3.63, 3.8) is 0 Å². The summed E-state index contributed by atoms with van der Waals surface area (Å²) in [5.74, 6) is 0.852. The molecule has 0 fully saturated rings. The maximum atomic E-state index is 5.13. The molecule has 2 N–H and O–H groups in total. The molecular weight excluding hydrogens is 417 g/mol. The lowest BCUT2D eigenvalue weighted by Crippen LogP contribution is -2.37. The SMILES string of the molecule is CCCCCCNC(=NC)NCc1c(C)nn(CCOC)c1C.I. The highest BCUT2D eigenvalue weighted by Gasteiger charge is 2.11. The van der Waals surface area contributed by atoms with E-state index in [-0.39, 0.29) is 24.0 Å². The molecule has 0 aliphatic carbocycles. The van der Waals surface area contributed by atoms with Gasteiger partial charge in [-0.05, 0) is 20.3 Å². The van der Waals surface area contributed by atoms with Crippen LogP contribution in [0.25, 0.3) is 0 Å². The lowest BCUT2D eigenvalue weighted by molar-refractivity contribution is 0.182. The van der Waals surface area contributed by atoms with E-state index in [2.05, 4.69) is 34.6 Å². The molecule has 0 aliphatic rings. The first-order valence-corrected chi connectivity index (χ1v) is 8.60. The predicted molar refractivity (Wildman–Crippen MR) is 111 cm³/mol. The molecular formula is C17H34IN5O. The zero-order chi connectivity index (χ0) is 17.1. The fraction of sp³-hybridized carbons (Fsp3) is 0.765. The summed E-state index contributed by atoms with van der Waals surface area (Å²) in [6, 6.07) is 0. The van der Waals surface area contributed by atoms with Crippen molar-refractivity contribution in [2.75, 3.05) is 27.3 Å². The number of aryl methyl sites for hydroxylation is 1. The highest BCUT2D eigenvalue weighted by atomic mass is 127. The molecule has 1 aromatic heterocycles. The molecule has 24 heavy (non-hydrogen) atoms. The van der Waals surface area contributed by atoms with Gasteiger partial charge in [0.05, 0.1) is 18.8 Å². The van der Waals surface area contributed by atoms with E-state index >= 15 is 0 Å². The Morgan fingerprint density at radius 3 is 2.58 bits per heavy atom. The Kier molecular flexibility index (Phi) is 13.0. The fourth-order valence-corrected chi connectivity index (χ4v) is 2.54. The third-order valence-corrected chi connectivity index (χ3v) is 4.02. The van der Waals surface area contributed by atoms with Crippen LogP contribution in [0.1, 0.15) is 49.6 Å². The van der Waals surface area contributed by atoms with E-state index in [4.69, 9.17) is 4.74 Å². The van der Waals surface area contributed by atoms with Gasteiger partial charge >= 0.3 is 0 Å². The van der Waals surface area contributed by atoms with Gasteiger partial charge in [-0.15, -0.1) is 24.0 Å². The lowest BCUT2D eigenvalue weighted by atomic mass is 10.2. The number of ether oxygens (including phenoxy) is 1. The van der Waals surface area contributed by atoms with Gasteiger partial charge in [0.15, 0.2) is 5.96 Å². The molecule has 1 aromatic rings. The Balaban J connectivity index is 0.00000529. The maximum absolute atomic E-state index is 5.13. The van der Waals surface area contributed by atoms with Gasteiger partial charge in [-0.2, -0.15) is 5.10 Å². The number of hydrogen-bond donors (Lipinski definition) is 2. The van der Waals surface area contributed by atoms with Crippen LogP contribution in [0.15, 0.2) is 4.99 Å².